The van der Waals surface area contributed by atoms with Crippen LogP contribution in [0, 0.1) is 0 Å². The lowest BCUT2D eigenvalue weighted by Crippen LogP contribution is -1.99. The maximum Gasteiger partial charge on any atom is 0.335 e. The van der Waals surface area contributed by atoms with Crippen molar-refractivity contribution < 1.29 is 59.4 Å². The number of carboxylic acids is 6. The summed E-state index contributed by atoms with van der Waals surface area (Å²) in [6, 6.07) is 10.0. The third-order valence-corrected chi connectivity index (χ3v) is 4.79. The van der Waals surface area contributed by atoms with E-state index in [0.29, 0.717) is 0 Å². The van der Waals surface area contributed by atoms with Crippen LogP contribution in [0.1, 0.15) is 92.8 Å². The molecule has 0 saturated carbocycles. The van der Waals surface area contributed by atoms with Crippen molar-refractivity contribution in [3.05, 3.63) is 70.8 Å². The third kappa shape index (κ3) is 16.0. The third-order valence-electron chi connectivity index (χ3n) is 4.79. The SMILES string of the molecule is O=C(O)CCCCCCCCC(=O)O.O=C(O)c1ccc(C(=O)O)cc1.O=C(O)c1ccc(C(=O)O)cc1. The minimum absolute atomic E-state index is 0.0833. The molecule has 0 saturated heterocycles. The summed E-state index contributed by atoms with van der Waals surface area (Å²) in [5.41, 5.74) is 0.333. The van der Waals surface area contributed by atoms with E-state index in [1.165, 1.54) is 48.5 Å². The second-order valence-electron chi connectivity index (χ2n) is 7.78. The topological polar surface area (TPSA) is 224 Å². The van der Waals surface area contributed by atoms with Gasteiger partial charge in [0, 0.05) is 12.8 Å². The molecule has 0 aliphatic carbocycles. The first kappa shape index (κ1) is 33.3. The first-order valence-corrected chi connectivity index (χ1v) is 11.4. The van der Waals surface area contributed by atoms with E-state index in [-0.39, 0.29) is 35.1 Å². The molecule has 0 radical (unpaired) electrons. The van der Waals surface area contributed by atoms with E-state index in [1.807, 2.05) is 0 Å². The summed E-state index contributed by atoms with van der Waals surface area (Å²) >= 11 is 0. The standard InChI is InChI=1S/C10H18O4.2C8H6O4/c11-9(12)7-5-3-1-2-4-6-8-10(13)14;2*9-7(10)5-1-2-6(4-3-5)8(11)12/h1-8H2,(H,11,12)(H,13,14);2*1-4H,(H,9,10)(H,11,12). The lowest BCUT2D eigenvalue weighted by atomic mass is 10.1. The van der Waals surface area contributed by atoms with E-state index in [2.05, 4.69) is 0 Å². The molecule has 0 aliphatic heterocycles. The van der Waals surface area contributed by atoms with Crippen LogP contribution in [0.25, 0.3) is 0 Å². The highest BCUT2D eigenvalue weighted by Gasteiger charge is 2.06. The van der Waals surface area contributed by atoms with E-state index < -0.39 is 35.8 Å². The van der Waals surface area contributed by atoms with Crippen molar-refractivity contribution in [3.8, 4) is 0 Å². The summed E-state index contributed by atoms with van der Waals surface area (Å²) in [5, 5.41) is 50.6. The Kier molecular flexibility index (Phi) is 16.2. The van der Waals surface area contributed by atoms with E-state index in [0.717, 1.165) is 38.5 Å². The normalized spacial score (nSPS) is 9.58. The molecule has 0 unspecified atom stereocenters. The van der Waals surface area contributed by atoms with E-state index in [4.69, 9.17) is 30.6 Å². The van der Waals surface area contributed by atoms with Gasteiger partial charge in [0.1, 0.15) is 0 Å². The smallest absolute Gasteiger partial charge is 0.335 e. The van der Waals surface area contributed by atoms with Crippen LogP contribution in [-0.4, -0.2) is 66.5 Å². The second kappa shape index (κ2) is 18.5. The zero-order valence-corrected chi connectivity index (χ0v) is 20.4. The molecule has 12 nitrogen and oxygen atoms in total. The summed E-state index contributed by atoms with van der Waals surface area (Å²) in [7, 11) is 0. The average molecular weight is 535 g/mol. The highest BCUT2D eigenvalue weighted by Crippen LogP contribution is 2.08. The summed E-state index contributed by atoms with van der Waals surface area (Å²) in [6.45, 7) is 0. The Morgan fingerprint density at radius 1 is 0.368 bits per heavy atom. The molecular weight excluding hydrogens is 504 g/mol. The van der Waals surface area contributed by atoms with Crippen LogP contribution < -0.4 is 0 Å². The van der Waals surface area contributed by atoms with Crippen LogP contribution in [0.5, 0.6) is 0 Å². The molecule has 6 N–H and O–H groups in total. The molecule has 2 rings (SSSR count). The number of carboxylic acid groups (broad SMARTS) is 6. The predicted molar refractivity (Wildman–Crippen MR) is 133 cm³/mol. The van der Waals surface area contributed by atoms with Crippen molar-refractivity contribution in [3.63, 3.8) is 0 Å². The lowest BCUT2D eigenvalue weighted by Gasteiger charge is -1.98. The largest absolute Gasteiger partial charge is 0.481 e. The fraction of sp³-hybridized carbons (Fsp3) is 0.308. The zero-order valence-electron chi connectivity index (χ0n) is 20.4. The number of carbonyl (C=O) groups is 6. The molecule has 38 heavy (non-hydrogen) atoms. The number of rotatable bonds is 13. The molecule has 0 amide bonds. The Morgan fingerprint density at radius 2 is 0.553 bits per heavy atom. The van der Waals surface area contributed by atoms with Crippen LogP contribution in [0.2, 0.25) is 0 Å². The Hall–Kier alpha value is -4.74. The monoisotopic (exact) mass is 534 g/mol. The fourth-order valence-electron chi connectivity index (χ4n) is 2.77. The summed E-state index contributed by atoms with van der Waals surface area (Å²) in [4.78, 5) is 61.6. The van der Waals surface area contributed by atoms with Gasteiger partial charge in [0.25, 0.3) is 0 Å². The average Bonchev–Trinajstić information content (AvgIpc) is 2.86. The van der Waals surface area contributed by atoms with Gasteiger partial charge in [-0.15, -0.1) is 0 Å². The van der Waals surface area contributed by atoms with Crippen molar-refractivity contribution in [2.24, 2.45) is 0 Å². The summed E-state index contributed by atoms with van der Waals surface area (Å²) in [6.07, 6.45) is 5.82. The van der Waals surface area contributed by atoms with Crippen LogP contribution in [0.3, 0.4) is 0 Å². The van der Waals surface area contributed by atoms with E-state index in [9.17, 15) is 28.8 Å². The van der Waals surface area contributed by atoms with E-state index >= 15 is 0 Å². The Labute approximate surface area is 217 Å². The lowest BCUT2D eigenvalue weighted by molar-refractivity contribution is -0.138. The molecule has 0 bridgehead atoms. The van der Waals surface area contributed by atoms with E-state index in [1.54, 1.807) is 0 Å². The van der Waals surface area contributed by atoms with Gasteiger partial charge in [-0.05, 0) is 61.4 Å². The zero-order chi connectivity index (χ0) is 29.1. The highest BCUT2D eigenvalue weighted by molar-refractivity contribution is 5.92. The van der Waals surface area contributed by atoms with Crippen molar-refractivity contribution in [2.75, 3.05) is 0 Å². The minimum Gasteiger partial charge on any atom is -0.481 e. The molecule has 0 heterocycles. The Balaban J connectivity index is 0.000000542. The number of unbranched alkanes of at least 4 members (excludes halogenated alkanes) is 5. The first-order valence-electron chi connectivity index (χ1n) is 11.4. The molecule has 0 aromatic heterocycles. The predicted octanol–water partition coefficient (Wildman–Crippen LogP) is 4.44. The van der Waals surface area contributed by atoms with Crippen molar-refractivity contribution in [1.82, 2.24) is 0 Å². The van der Waals surface area contributed by atoms with Gasteiger partial charge in [-0.3, -0.25) is 9.59 Å². The maximum atomic E-state index is 10.3. The van der Waals surface area contributed by atoms with Gasteiger partial charge >= 0.3 is 35.8 Å². The Morgan fingerprint density at radius 3 is 0.711 bits per heavy atom. The molecular formula is C26H30O12. The van der Waals surface area contributed by atoms with Crippen molar-refractivity contribution in [1.29, 1.82) is 0 Å². The number of hydrogen-bond acceptors (Lipinski definition) is 6. The van der Waals surface area contributed by atoms with Gasteiger partial charge in [-0.25, -0.2) is 19.2 Å². The van der Waals surface area contributed by atoms with Gasteiger partial charge in [0.2, 0.25) is 0 Å². The highest BCUT2D eigenvalue weighted by atomic mass is 16.4. The molecule has 12 heteroatoms. The molecule has 0 atom stereocenters. The van der Waals surface area contributed by atoms with Crippen molar-refractivity contribution in [2.45, 2.75) is 51.4 Å². The van der Waals surface area contributed by atoms with Gasteiger partial charge in [-0.1, -0.05) is 25.7 Å². The summed E-state index contributed by atoms with van der Waals surface area (Å²) in [5.74, 6) is -5.73. The second-order valence-corrected chi connectivity index (χ2v) is 7.78. The molecule has 0 fully saturated rings. The van der Waals surface area contributed by atoms with Gasteiger partial charge in [0.15, 0.2) is 0 Å². The minimum atomic E-state index is -1.06. The van der Waals surface area contributed by atoms with Crippen LogP contribution >= 0.6 is 0 Å². The number of hydrogen-bond donors (Lipinski definition) is 6. The van der Waals surface area contributed by atoms with Gasteiger partial charge < -0.3 is 30.6 Å². The molecule has 206 valence electrons. The van der Waals surface area contributed by atoms with Crippen LogP contribution in [0.4, 0.5) is 0 Å². The summed E-state index contributed by atoms with van der Waals surface area (Å²) < 4.78 is 0. The van der Waals surface area contributed by atoms with Gasteiger partial charge in [-0.2, -0.15) is 0 Å². The van der Waals surface area contributed by atoms with Crippen LogP contribution in [0.15, 0.2) is 48.5 Å². The number of benzene rings is 2. The fourth-order valence-corrected chi connectivity index (χ4v) is 2.77. The molecule has 0 aliphatic rings. The number of aliphatic carboxylic acids is 2. The molecule has 0 spiro atoms. The maximum absolute atomic E-state index is 10.3. The number of aromatic carboxylic acids is 4. The quantitative estimate of drug-likeness (QED) is 0.196. The molecule has 2 aromatic rings. The molecule has 2 aromatic carbocycles. The first-order chi connectivity index (χ1) is 17.8. The Bertz CT molecular complexity index is 919. The van der Waals surface area contributed by atoms with Crippen molar-refractivity contribution >= 4 is 35.8 Å². The van der Waals surface area contributed by atoms with Crippen LogP contribution in [-0.2, 0) is 9.59 Å². The van der Waals surface area contributed by atoms with Gasteiger partial charge in [0.05, 0.1) is 22.3 Å².